The molecule has 0 unspecified atom stereocenters. The minimum absolute atomic E-state index is 0.576. The average molecular weight is 194 g/mol. The smallest absolute Gasteiger partial charge is 0.0428 e. The van der Waals surface area contributed by atoms with E-state index < -0.39 is 0 Å². The second-order valence-electron chi connectivity index (χ2n) is 2.67. The van der Waals surface area contributed by atoms with E-state index in [4.69, 9.17) is 11.3 Å². The van der Waals surface area contributed by atoms with Gasteiger partial charge in [-0.3, -0.25) is 0 Å². The van der Waals surface area contributed by atoms with Gasteiger partial charge in [-0.05, 0) is 35.7 Å². The van der Waals surface area contributed by atoms with E-state index in [1.54, 1.807) is 6.07 Å². The molecule has 0 bridgehead atoms. The van der Waals surface area contributed by atoms with Gasteiger partial charge in [0.15, 0.2) is 0 Å². The van der Waals surface area contributed by atoms with Crippen LogP contribution in [0.25, 0.3) is 10.4 Å². The van der Waals surface area contributed by atoms with Crippen LogP contribution in [0.4, 0.5) is 11.4 Å². The van der Waals surface area contributed by atoms with Crippen LogP contribution >= 0.6 is 12.6 Å². The summed E-state index contributed by atoms with van der Waals surface area (Å²) in [5, 5.41) is 3.54. The first-order chi connectivity index (χ1) is 6.19. The molecule has 0 aliphatic rings. The van der Waals surface area contributed by atoms with Crippen molar-refractivity contribution >= 4 is 24.0 Å². The molecule has 0 heterocycles. The number of rotatable bonds is 2. The minimum atomic E-state index is 0.576. The summed E-state index contributed by atoms with van der Waals surface area (Å²) in [5.41, 5.74) is 17.0. The normalized spacial score (nSPS) is 9.38. The number of benzene rings is 1. The van der Waals surface area contributed by atoms with Gasteiger partial charge in [-0.25, -0.2) is 0 Å². The number of nitrogens with two attached hydrogens (primary N) is 1. The first kappa shape index (κ1) is 9.77. The van der Waals surface area contributed by atoms with Crippen molar-refractivity contribution in [1.29, 1.82) is 0 Å². The molecule has 5 heteroatoms. The molecule has 4 nitrogen and oxygen atoms in total. The molecule has 1 aromatic carbocycles. The Bertz CT molecular complexity index is 369. The van der Waals surface area contributed by atoms with Crippen molar-refractivity contribution in [2.45, 2.75) is 12.7 Å². The van der Waals surface area contributed by atoms with Crippen LogP contribution < -0.4 is 5.73 Å². The predicted molar refractivity (Wildman–Crippen MR) is 57.1 cm³/mol. The van der Waals surface area contributed by atoms with E-state index in [0.717, 1.165) is 11.1 Å². The van der Waals surface area contributed by atoms with Crippen LogP contribution in [0.1, 0.15) is 11.1 Å². The number of hydrogen-bond donors (Lipinski definition) is 2. The van der Waals surface area contributed by atoms with E-state index >= 15 is 0 Å². The van der Waals surface area contributed by atoms with Crippen molar-refractivity contribution < 1.29 is 0 Å². The lowest BCUT2D eigenvalue weighted by Gasteiger charge is -2.06. The zero-order valence-electron chi connectivity index (χ0n) is 7.23. The monoisotopic (exact) mass is 194 g/mol. The van der Waals surface area contributed by atoms with Crippen LogP contribution in [0.15, 0.2) is 17.2 Å². The lowest BCUT2D eigenvalue weighted by atomic mass is 10.1. The molecule has 0 radical (unpaired) electrons. The fourth-order valence-electron chi connectivity index (χ4n) is 1.10. The maximum atomic E-state index is 8.30. The van der Waals surface area contributed by atoms with E-state index in [1.807, 2.05) is 13.0 Å². The number of anilines is 1. The van der Waals surface area contributed by atoms with Crippen LogP contribution in [0, 0.1) is 6.92 Å². The second kappa shape index (κ2) is 4.07. The highest BCUT2D eigenvalue weighted by Gasteiger charge is 2.02. The third-order valence-electron chi connectivity index (χ3n) is 1.83. The number of nitrogens with zero attached hydrogens (tertiary/aromatic N) is 3. The Kier molecular flexibility index (Phi) is 3.06. The molecule has 1 aromatic rings. The molecule has 1 rings (SSSR count). The molecule has 68 valence electrons. The topological polar surface area (TPSA) is 74.8 Å². The summed E-state index contributed by atoms with van der Waals surface area (Å²) in [7, 11) is 0. The molecule has 0 aromatic heterocycles. The van der Waals surface area contributed by atoms with Gasteiger partial charge in [-0.1, -0.05) is 5.11 Å². The number of thiol groups is 1. The first-order valence-corrected chi connectivity index (χ1v) is 4.37. The summed E-state index contributed by atoms with van der Waals surface area (Å²) in [6.07, 6.45) is 0. The maximum absolute atomic E-state index is 8.30. The molecular formula is C8H10N4S. The Balaban J connectivity index is 3.34. The van der Waals surface area contributed by atoms with Crippen molar-refractivity contribution in [2.24, 2.45) is 5.11 Å². The van der Waals surface area contributed by atoms with Crippen LogP contribution in [-0.4, -0.2) is 0 Å². The highest BCUT2D eigenvalue weighted by atomic mass is 32.1. The van der Waals surface area contributed by atoms with Gasteiger partial charge in [0.25, 0.3) is 0 Å². The highest BCUT2D eigenvalue weighted by Crippen LogP contribution is 2.26. The maximum Gasteiger partial charge on any atom is 0.0428 e. The third-order valence-corrected chi connectivity index (χ3v) is 2.17. The van der Waals surface area contributed by atoms with Crippen LogP contribution in [-0.2, 0) is 5.75 Å². The van der Waals surface area contributed by atoms with Gasteiger partial charge < -0.3 is 5.73 Å². The number of hydrogen-bond acceptors (Lipinski definition) is 3. The van der Waals surface area contributed by atoms with Gasteiger partial charge in [0, 0.05) is 22.0 Å². The van der Waals surface area contributed by atoms with E-state index in [-0.39, 0.29) is 0 Å². The first-order valence-electron chi connectivity index (χ1n) is 3.74. The molecule has 13 heavy (non-hydrogen) atoms. The molecule has 0 saturated heterocycles. The van der Waals surface area contributed by atoms with E-state index in [2.05, 4.69) is 22.7 Å². The molecule has 0 fully saturated rings. The second-order valence-corrected chi connectivity index (χ2v) is 2.99. The molecule has 0 aliphatic carbocycles. The fourth-order valence-corrected chi connectivity index (χ4v) is 1.43. The van der Waals surface area contributed by atoms with E-state index in [0.29, 0.717) is 17.1 Å². The van der Waals surface area contributed by atoms with Gasteiger partial charge in [0.2, 0.25) is 0 Å². The summed E-state index contributed by atoms with van der Waals surface area (Å²) in [6.45, 7) is 1.88. The standard InChI is InChI=1S/C8H10N4S/c1-5-6(4-13)2-7(9)3-8(5)11-12-10/h2-3,13H,4,9H2,1H3. The van der Waals surface area contributed by atoms with Crippen molar-refractivity contribution in [1.82, 2.24) is 0 Å². The average Bonchev–Trinajstić information content (AvgIpc) is 2.11. The van der Waals surface area contributed by atoms with E-state index in [9.17, 15) is 0 Å². The van der Waals surface area contributed by atoms with Gasteiger partial charge in [0.1, 0.15) is 0 Å². The summed E-state index contributed by atoms with van der Waals surface area (Å²) in [6, 6.07) is 3.49. The summed E-state index contributed by atoms with van der Waals surface area (Å²) < 4.78 is 0. The molecule has 2 N–H and O–H groups in total. The Labute approximate surface area is 81.8 Å². The number of nitrogen functional groups attached to an aromatic ring is 1. The minimum Gasteiger partial charge on any atom is -0.399 e. The van der Waals surface area contributed by atoms with Crippen molar-refractivity contribution in [2.75, 3.05) is 5.73 Å². The molecule has 0 saturated carbocycles. The zero-order valence-corrected chi connectivity index (χ0v) is 8.12. The Hall–Kier alpha value is -1.32. The Morgan fingerprint density at radius 3 is 2.85 bits per heavy atom. The van der Waals surface area contributed by atoms with Gasteiger partial charge in [-0.2, -0.15) is 12.6 Å². The molecule has 0 amide bonds. The van der Waals surface area contributed by atoms with Gasteiger partial charge in [-0.15, -0.1) is 0 Å². The molecule has 0 atom stereocenters. The SMILES string of the molecule is Cc1c(CS)cc(N)cc1N=[N+]=[N-]. The lowest BCUT2D eigenvalue weighted by molar-refractivity contribution is 1.28. The van der Waals surface area contributed by atoms with Crippen LogP contribution in [0.2, 0.25) is 0 Å². The largest absolute Gasteiger partial charge is 0.399 e. The van der Waals surface area contributed by atoms with Crippen molar-refractivity contribution in [3.05, 3.63) is 33.7 Å². The highest BCUT2D eigenvalue weighted by molar-refractivity contribution is 7.79. The lowest BCUT2D eigenvalue weighted by Crippen LogP contribution is -1.90. The third kappa shape index (κ3) is 2.08. The van der Waals surface area contributed by atoms with Crippen LogP contribution in [0.5, 0.6) is 0 Å². The summed E-state index contributed by atoms with van der Waals surface area (Å²) >= 11 is 4.15. The summed E-state index contributed by atoms with van der Waals surface area (Å²) in [5.74, 6) is 0.588. The van der Waals surface area contributed by atoms with Gasteiger partial charge >= 0.3 is 0 Å². The Morgan fingerprint density at radius 2 is 2.31 bits per heavy atom. The molecular weight excluding hydrogens is 184 g/mol. The predicted octanol–water partition coefficient (Wildman–Crippen LogP) is 2.95. The zero-order chi connectivity index (χ0) is 9.84. The molecule has 0 aliphatic heterocycles. The Morgan fingerprint density at radius 1 is 1.62 bits per heavy atom. The number of azide groups is 1. The quantitative estimate of drug-likeness (QED) is 0.245. The van der Waals surface area contributed by atoms with E-state index in [1.165, 1.54) is 0 Å². The van der Waals surface area contributed by atoms with Crippen molar-refractivity contribution in [3.63, 3.8) is 0 Å². The fraction of sp³-hybridized carbons (Fsp3) is 0.250. The van der Waals surface area contributed by atoms with Crippen LogP contribution in [0.3, 0.4) is 0 Å². The molecule has 0 spiro atoms. The summed E-state index contributed by atoms with van der Waals surface area (Å²) in [4.78, 5) is 2.73. The van der Waals surface area contributed by atoms with Gasteiger partial charge in [0.05, 0.1) is 0 Å². The van der Waals surface area contributed by atoms with Crippen molar-refractivity contribution in [3.8, 4) is 0 Å².